The molecule has 3 rings (SSSR count). The first kappa shape index (κ1) is 15.6. The number of H-pyrrole nitrogens is 1. The van der Waals surface area contributed by atoms with Gasteiger partial charge >= 0.3 is 18.0 Å². The van der Waals surface area contributed by atoms with Crippen LogP contribution in [-0.2, 0) is 17.5 Å². The molecule has 0 amide bonds. The van der Waals surface area contributed by atoms with E-state index in [1.165, 1.54) is 18.3 Å². The molecule has 2 heterocycles. The lowest BCUT2D eigenvalue weighted by molar-refractivity contribution is -0.159. The Hall–Kier alpha value is -3.24. The SMILES string of the molecule is O=C(OCc1ccc(-c2noc(C(F)(F)F)n2)cc1)c1cn[nH]n1. The Morgan fingerprint density at radius 1 is 1.25 bits per heavy atom. The van der Waals surface area contributed by atoms with Crippen LogP contribution in [0.15, 0.2) is 35.0 Å². The molecule has 0 atom stereocenters. The van der Waals surface area contributed by atoms with E-state index in [0.29, 0.717) is 11.1 Å². The molecular weight excluding hydrogens is 331 g/mol. The van der Waals surface area contributed by atoms with Gasteiger partial charge in [-0.05, 0) is 5.56 Å². The summed E-state index contributed by atoms with van der Waals surface area (Å²) < 4.78 is 46.4. The van der Waals surface area contributed by atoms with Gasteiger partial charge < -0.3 is 9.26 Å². The Balaban J connectivity index is 1.65. The maximum absolute atomic E-state index is 12.4. The molecule has 1 aromatic carbocycles. The third-order valence-corrected chi connectivity index (χ3v) is 2.87. The Labute approximate surface area is 131 Å². The number of hydrogen-bond donors (Lipinski definition) is 1. The van der Waals surface area contributed by atoms with Crippen molar-refractivity contribution in [2.75, 3.05) is 0 Å². The van der Waals surface area contributed by atoms with Crippen LogP contribution in [0.5, 0.6) is 0 Å². The van der Waals surface area contributed by atoms with E-state index >= 15 is 0 Å². The van der Waals surface area contributed by atoms with Gasteiger partial charge in [0.2, 0.25) is 5.82 Å². The molecule has 0 unspecified atom stereocenters. The van der Waals surface area contributed by atoms with Crippen molar-refractivity contribution in [3.8, 4) is 11.4 Å². The third-order valence-electron chi connectivity index (χ3n) is 2.87. The average Bonchev–Trinajstić information content (AvgIpc) is 3.23. The number of esters is 1. The summed E-state index contributed by atoms with van der Waals surface area (Å²) in [7, 11) is 0. The lowest BCUT2D eigenvalue weighted by Gasteiger charge is -2.03. The van der Waals surface area contributed by atoms with E-state index in [9.17, 15) is 18.0 Å². The topological polar surface area (TPSA) is 107 Å². The van der Waals surface area contributed by atoms with E-state index in [2.05, 4.69) is 30.1 Å². The molecule has 11 heteroatoms. The second kappa shape index (κ2) is 6.10. The van der Waals surface area contributed by atoms with Gasteiger partial charge in [-0.3, -0.25) is 0 Å². The Morgan fingerprint density at radius 3 is 2.58 bits per heavy atom. The van der Waals surface area contributed by atoms with Crippen LogP contribution in [0.1, 0.15) is 21.9 Å². The van der Waals surface area contributed by atoms with Gasteiger partial charge in [0.1, 0.15) is 6.61 Å². The first-order chi connectivity index (χ1) is 11.4. The van der Waals surface area contributed by atoms with Gasteiger partial charge in [-0.15, -0.1) is 5.10 Å². The van der Waals surface area contributed by atoms with E-state index < -0.39 is 18.0 Å². The van der Waals surface area contributed by atoms with E-state index in [4.69, 9.17) is 4.74 Å². The van der Waals surface area contributed by atoms with Crippen molar-refractivity contribution < 1.29 is 27.2 Å². The summed E-state index contributed by atoms with van der Waals surface area (Å²) in [4.78, 5) is 14.9. The third kappa shape index (κ3) is 3.39. The summed E-state index contributed by atoms with van der Waals surface area (Å²) in [6, 6.07) is 6.11. The molecule has 0 spiro atoms. The van der Waals surface area contributed by atoms with Crippen molar-refractivity contribution in [2.45, 2.75) is 12.8 Å². The van der Waals surface area contributed by atoms with Crippen LogP contribution in [-0.4, -0.2) is 31.5 Å². The lowest BCUT2D eigenvalue weighted by atomic mass is 10.1. The molecule has 0 radical (unpaired) electrons. The highest BCUT2D eigenvalue weighted by Crippen LogP contribution is 2.29. The maximum atomic E-state index is 12.4. The van der Waals surface area contributed by atoms with Gasteiger partial charge in [0, 0.05) is 5.56 Å². The molecule has 0 aliphatic rings. The zero-order valence-electron chi connectivity index (χ0n) is 11.7. The van der Waals surface area contributed by atoms with E-state index in [0.717, 1.165) is 0 Å². The van der Waals surface area contributed by atoms with Crippen LogP contribution in [0.3, 0.4) is 0 Å². The second-order valence-electron chi connectivity index (χ2n) is 4.55. The molecule has 0 aliphatic heterocycles. The Morgan fingerprint density at radius 2 is 2.00 bits per heavy atom. The summed E-state index contributed by atoms with van der Waals surface area (Å²) in [6.07, 6.45) is -3.47. The molecule has 2 aromatic heterocycles. The lowest BCUT2D eigenvalue weighted by Crippen LogP contribution is -2.05. The van der Waals surface area contributed by atoms with Crippen molar-refractivity contribution in [3.05, 3.63) is 47.6 Å². The minimum Gasteiger partial charge on any atom is -0.456 e. The molecule has 3 aromatic rings. The molecule has 0 fully saturated rings. The van der Waals surface area contributed by atoms with Crippen LogP contribution < -0.4 is 0 Å². The predicted molar refractivity (Wildman–Crippen MR) is 70.2 cm³/mol. The normalized spacial score (nSPS) is 11.5. The summed E-state index contributed by atoms with van der Waals surface area (Å²) in [5, 5.41) is 12.6. The first-order valence-electron chi connectivity index (χ1n) is 6.46. The molecule has 1 N–H and O–H groups in total. The zero-order valence-corrected chi connectivity index (χ0v) is 11.7. The molecule has 0 saturated heterocycles. The minimum absolute atomic E-state index is 0.0357. The van der Waals surface area contributed by atoms with Gasteiger partial charge in [-0.2, -0.15) is 28.5 Å². The van der Waals surface area contributed by atoms with Gasteiger partial charge in [-0.25, -0.2) is 4.79 Å². The molecular formula is C13H8F3N5O3. The molecule has 24 heavy (non-hydrogen) atoms. The highest BCUT2D eigenvalue weighted by Gasteiger charge is 2.38. The number of carbonyl (C=O) groups excluding carboxylic acids is 1. The maximum Gasteiger partial charge on any atom is 0.471 e. The summed E-state index contributed by atoms with van der Waals surface area (Å²) in [5.41, 5.74) is 0.994. The summed E-state index contributed by atoms with van der Waals surface area (Å²) in [6.45, 7) is -0.0357. The molecule has 0 aliphatic carbocycles. The van der Waals surface area contributed by atoms with Crippen LogP contribution in [0.4, 0.5) is 13.2 Å². The smallest absolute Gasteiger partial charge is 0.456 e. The minimum atomic E-state index is -4.69. The number of aromatic amines is 1. The standard InChI is InChI=1S/C13H8F3N5O3/c14-13(15,16)12-18-10(20-24-12)8-3-1-7(2-4-8)6-23-11(22)9-5-17-21-19-9/h1-5H,6H2,(H,17,19,21). The number of halogens is 3. The highest BCUT2D eigenvalue weighted by atomic mass is 19.4. The quantitative estimate of drug-likeness (QED) is 0.726. The van der Waals surface area contributed by atoms with Crippen LogP contribution in [0.25, 0.3) is 11.4 Å². The second-order valence-corrected chi connectivity index (χ2v) is 4.55. The fraction of sp³-hybridized carbons (Fsp3) is 0.154. The largest absolute Gasteiger partial charge is 0.471 e. The first-order valence-corrected chi connectivity index (χ1v) is 6.46. The Kier molecular flexibility index (Phi) is 3.98. The Bertz CT molecular complexity index is 827. The van der Waals surface area contributed by atoms with E-state index in [1.807, 2.05) is 0 Å². The summed E-state index contributed by atoms with van der Waals surface area (Å²) in [5.74, 6) is -2.25. The number of alkyl halides is 3. The van der Waals surface area contributed by atoms with E-state index in [1.54, 1.807) is 12.1 Å². The van der Waals surface area contributed by atoms with E-state index in [-0.39, 0.29) is 18.1 Å². The van der Waals surface area contributed by atoms with Gasteiger partial charge in [0.05, 0.1) is 6.20 Å². The summed E-state index contributed by atoms with van der Waals surface area (Å²) >= 11 is 0. The fourth-order valence-corrected chi connectivity index (χ4v) is 1.73. The molecule has 0 bridgehead atoms. The van der Waals surface area contributed by atoms with Crippen molar-refractivity contribution in [1.82, 2.24) is 25.6 Å². The molecule has 0 saturated carbocycles. The van der Waals surface area contributed by atoms with Crippen molar-refractivity contribution in [3.63, 3.8) is 0 Å². The molecule has 8 nitrogen and oxygen atoms in total. The van der Waals surface area contributed by atoms with Gasteiger partial charge in [0.25, 0.3) is 0 Å². The number of aromatic nitrogens is 5. The van der Waals surface area contributed by atoms with Crippen LogP contribution in [0, 0.1) is 0 Å². The number of carbonyl (C=O) groups is 1. The van der Waals surface area contributed by atoms with Gasteiger partial charge in [0.15, 0.2) is 5.69 Å². The number of hydrogen-bond acceptors (Lipinski definition) is 7. The van der Waals surface area contributed by atoms with Crippen LogP contribution >= 0.6 is 0 Å². The molecule has 124 valence electrons. The van der Waals surface area contributed by atoms with Crippen molar-refractivity contribution in [2.24, 2.45) is 0 Å². The number of benzene rings is 1. The number of rotatable bonds is 4. The van der Waals surface area contributed by atoms with Gasteiger partial charge in [-0.1, -0.05) is 29.4 Å². The highest BCUT2D eigenvalue weighted by molar-refractivity contribution is 5.86. The number of ether oxygens (including phenoxy) is 1. The van der Waals surface area contributed by atoms with Crippen molar-refractivity contribution >= 4 is 5.97 Å². The number of nitrogens with one attached hydrogen (secondary N) is 1. The average molecular weight is 339 g/mol. The number of nitrogens with zero attached hydrogens (tertiary/aromatic N) is 4. The van der Waals surface area contributed by atoms with Crippen LogP contribution in [0.2, 0.25) is 0 Å². The predicted octanol–water partition coefficient (Wildman–Crippen LogP) is 2.23. The zero-order chi connectivity index (χ0) is 17.2. The monoisotopic (exact) mass is 339 g/mol. The fourth-order valence-electron chi connectivity index (χ4n) is 1.73. The van der Waals surface area contributed by atoms with Crippen molar-refractivity contribution in [1.29, 1.82) is 0 Å².